The predicted octanol–water partition coefficient (Wildman–Crippen LogP) is 3.85. The molecule has 0 radical (unpaired) electrons. The maximum Gasteiger partial charge on any atom is 0.308 e. The second-order valence-electron chi connectivity index (χ2n) is 5.30. The molecule has 3 rings (SSSR count). The first-order valence-corrected chi connectivity index (χ1v) is 7.40. The van der Waals surface area contributed by atoms with E-state index in [1.165, 1.54) is 13.8 Å². The van der Waals surface area contributed by atoms with Crippen LogP contribution in [0.4, 0.5) is 0 Å². The van der Waals surface area contributed by atoms with Gasteiger partial charge in [-0.2, -0.15) is 0 Å². The van der Waals surface area contributed by atoms with E-state index in [-0.39, 0.29) is 0 Å². The largest absolute Gasteiger partial charge is 0.497 e. The van der Waals surface area contributed by atoms with E-state index >= 15 is 0 Å². The Balaban J connectivity index is 2.48. The first-order valence-electron chi connectivity index (χ1n) is 7.40. The molecule has 0 unspecified atom stereocenters. The van der Waals surface area contributed by atoms with Gasteiger partial charge in [-0.05, 0) is 18.2 Å². The molecule has 0 aliphatic rings. The van der Waals surface area contributed by atoms with Gasteiger partial charge < -0.3 is 14.2 Å². The lowest BCUT2D eigenvalue weighted by atomic mass is 10.00. The molecule has 3 aromatic carbocycles. The molecule has 5 heteroatoms. The van der Waals surface area contributed by atoms with Gasteiger partial charge in [0.2, 0.25) is 0 Å². The summed E-state index contributed by atoms with van der Waals surface area (Å²) in [6, 6.07) is 12.6. The zero-order chi connectivity index (χ0) is 17.3. The highest BCUT2D eigenvalue weighted by atomic mass is 16.5. The van der Waals surface area contributed by atoms with Gasteiger partial charge in [-0.3, -0.25) is 9.59 Å². The summed E-state index contributed by atoms with van der Waals surface area (Å²) in [4.78, 5) is 23.1. The molecule has 0 saturated carbocycles. The van der Waals surface area contributed by atoms with Crippen LogP contribution in [0.2, 0.25) is 0 Å². The molecule has 0 heterocycles. The van der Waals surface area contributed by atoms with Crippen LogP contribution in [-0.4, -0.2) is 19.0 Å². The van der Waals surface area contributed by atoms with Crippen LogP contribution in [0.1, 0.15) is 13.8 Å². The second kappa shape index (κ2) is 6.20. The molecule has 0 fully saturated rings. The molecule has 0 N–H and O–H groups in total. The molecule has 3 aromatic rings. The highest BCUT2D eigenvalue weighted by Crippen LogP contribution is 2.44. The lowest BCUT2D eigenvalue weighted by Crippen LogP contribution is -2.06. The Labute approximate surface area is 138 Å². The van der Waals surface area contributed by atoms with Gasteiger partial charge in [0, 0.05) is 35.4 Å². The van der Waals surface area contributed by atoms with E-state index in [1.54, 1.807) is 25.3 Å². The minimum atomic E-state index is -0.426. The zero-order valence-electron chi connectivity index (χ0n) is 13.6. The lowest BCUT2D eigenvalue weighted by molar-refractivity contribution is -0.132. The summed E-state index contributed by atoms with van der Waals surface area (Å²) >= 11 is 0. The fourth-order valence-electron chi connectivity index (χ4n) is 2.71. The van der Waals surface area contributed by atoms with Crippen molar-refractivity contribution in [2.24, 2.45) is 0 Å². The molecule has 24 heavy (non-hydrogen) atoms. The monoisotopic (exact) mass is 324 g/mol. The van der Waals surface area contributed by atoms with Crippen LogP contribution in [0, 0.1) is 0 Å². The molecule has 0 amide bonds. The van der Waals surface area contributed by atoms with Crippen molar-refractivity contribution in [1.82, 2.24) is 0 Å². The van der Waals surface area contributed by atoms with Gasteiger partial charge in [0.1, 0.15) is 17.2 Å². The van der Waals surface area contributed by atoms with Crippen molar-refractivity contribution >= 4 is 33.5 Å². The summed E-state index contributed by atoms with van der Waals surface area (Å²) in [7, 11) is 1.56. The fourth-order valence-corrected chi connectivity index (χ4v) is 2.71. The van der Waals surface area contributed by atoms with Gasteiger partial charge in [-0.25, -0.2) is 0 Å². The van der Waals surface area contributed by atoms with Gasteiger partial charge in [0.25, 0.3) is 0 Å². The van der Waals surface area contributed by atoms with Gasteiger partial charge in [0.15, 0.2) is 0 Å². The fraction of sp³-hybridized carbons (Fsp3) is 0.158. The predicted molar refractivity (Wildman–Crippen MR) is 90.6 cm³/mol. The summed E-state index contributed by atoms with van der Waals surface area (Å²) in [5.74, 6) is 0.622. The third-order valence-corrected chi connectivity index (χ3v) is 3.62. The highest BCUT2D eigenvalue weighted by Gasteiger charge is 2.18. The van der Waals surface area contributed by atoms with Crippen molar-refractivity contribution in [3.05, 3.63) is 42.5 Å². The number of hydrogen-bond acceptors (Lipinski definition) is 5. The first kappa shape index (κ1) is 15.8. The van der Waals surface area contributed by atoms with Gasteiger partial charge in [0.05, 0.1) is 7.11 Å². The quantitative estimate of drug-likeness (QED) is 0.416. The van der Waals surface area contributed by atoms with E-state index in [2.05, 4.69) is 0 Å². The van der Waals surface area contributed by atoms with Crippen LogP contribution in [0.15, 0.2) is 42.5 Å². The number of ether oxygens (including phenoxy) is 3. The number of hydrogen-bond donors (Lipinski definition) is 0. The number of carbonyl (C=O) groups is 2. The number of fused-ring (bicyclic) bond motifs is 2. The molecule has 0 aromatic heterocycles. The van der Waals surface area contributed by atoms with Crippen molar-refractivity contribution in [3.8, 4) is 17.2 Å². The van der Waals surface area contributed by atoms with Crippen molar-refractivity contribution in [2.75, 3.05) is 7.11 Å². The standard InChI is InChI=1S/C19H16O5/c1-11(20)23-18-14-6-4-5-7-15(14)19(24-12(2)21)17-10-13(22-3)8-9-16(17)18/h4-10H,1-3H3. The van der Waals surface area contributed by atoms with Crippen molar-refractivity contribution in [1.29, 1.82) is 0 Å². The normalized spacial score (nSPS) is 10.6. The summed E-state index contributed by atoms with van der Waals surface area (Å²) in [6.07, 6.45) is 0. The SMILES string of the molecule is COc1ccc2c(OC(C)=O)c3ccccc3c(OC(C)=O)c2c1. The van der Waals surface area contributed by atoms with Crippen LogP contribution in [0.3, 0.4) is 0 Å². The van der Waals surface area contributed by atoms with E-state index in [0.29, 0.717) is 38.8 Å². The topological polar surface area (TPSA) is 61.8 Å². The Bertz CT molecular complexity index is 959. The Morgan fingerprint density at radius 2 is 1.25 bits per heavy atom. The maximum absolute atomic E-state index is 11.6. The summed E-state index contributed by atoms with van der Waals surface area (Å²) < 4.78 is 16.2. The smallest absolute Gasteiger partial charge is 0.308 e. The molecule has 0 aliphatic carbocycles. The third-order valence-electron chi connectivity index (χ3n) is 3.62. The molecular formula is C19H16O5. The Morgan fingerprint density at radius 3 is 1.75 bits per heavy atom. The van der Waals surface area contributed by atoms with E-state index in [4.69, 9.17) is 14.2 Å². The minimum Gasteiger partial charge on any atom is -0.497 e. The minimum absolute atomic E-state index is 0.419. The number of carbonyl (C=O) groups excluding carboxylic acids is 2. The molecule has 0 saturated heterocycles. The average Bonchev–Trinajstić information content (AvgIpc) is 2.56. The average molecular weight is 324 g/mol. The lowest BCUT2D eigenvalue weighted by Gasteiger charge is -2.16. The number of esters is 2. The summed E-state index contributed by atoms with van der Waals surface area (Å²) in [5.41, 5.74) is 0. The molecule has 122 valence electrons. The van der Waals surface area contributed by atoms with Crippen molar-refractivity contribution < 1.29 is 23.8 Å². The van der Waals surface area contributed by atoms with Gasteiger partial charge in [-0.1, -0.05) is 24.3 Å². The molecule has 5 nitrogen and oxygen atoms in total. The Morgan fingerprint density at radius 1 is 0.750 bits per heavy atom. The van der Waals surface area contributed by atoms with Crippen LogP contribution in [0.5, 0.6) is 17.2 Å². The number of methoxy groups -OCH3 is 1. The molecule has 0 spiro atoms. The summed E-state index contributed by atoms with van der Waals surface area (Å²) in [5, 5.41) is 2.69. The van der Waals surface area contributed by atoms with Crippen LogP contribution in [-0.2, 0) is 9.59 Å². The highest BCUT2D eigenvalue weighted by molar-refractivity contribution is 6.12. The van der Waals surface area contributed by atoms with Crippen LogP contribution in [0.25, 0.3) is 21.5 Å². The van der Waals surface area contributed by atoms with E-state index in [1.807, 2.05) is 24.3 Å². The zero-order valence-corrected chi connectivity index (χ0v) is 13.6. The molecule has 0 atom stereocenters. The van der Waals surface area contributed by atoms with Crippen molar-refractivity contribution in [2.45, 2.75) is 13.8 Å². The molecule has 0 bridgehead atoms. The van der Waals surface area contributed by atoms with E-state index in [0.717, 1.165) is 0 Å². The van der Waals surface area contributed by atoms with E-state index < -0.39 is 11.9 Å². The third kappa shape index (κ3) is 2.76. The van der Waals surface area contributed by atoms with Crippen LogP contribution < -0.4 is 14.2 Å². The van der Waals surface area contributed by atoms with Gasteiger partial charge >= 0.3 is 11.9 Å². The van der Waals surface area contributed by atoms with E-state index in [9.17, 15) is 9.59 Å². The maximum atomic E-state index is 11.6. The second-order valence-corrected chi connectivity index (χ2v) is 5.30. The Kier molecular flexibility index (Phi) is 4.08. The first-order chi connectivity index (χ1) is 11.5. The Hall–Kier alpha value is -3.08. The molecular weight excluding hydrogens is 308 g/mol. The van der Waals surface area contributed by atoms with Crippen molar-refractivity contribution in [3.63, 3.8) is 0 Å². The summed E-state index contributed by atoms with van der Waals surface area (Å²) in [6.45, 7) is 2.70. The number of rotatable bonds is 3. The van der Waals surface area contributed by atoms with Gasteiger partial charge in [-0.15, -0.1) is 0 Å². The number of benzene rings is 3. The van der Waals surface area contributed by atoms with Crippen LogP contribution >= 0.6 is 0 Å². The molecule has 0 aliphatic heterocycles.